The van der Waals surface area contributed by atoms with Crippen LogP contribution in [-0.4, -0.2) is 105 Å². The summed E-state index contributed by atoms with van der Waals surface area (Å²) in [5, 5.41) is 5.79. The Hall–Kier alpha value is -7.48. The van der Waals surface area contributed by atoms with Crippen LogP contribution in [0, 0.1) is 0 Å². The maximum Gasteiger partial charge on any atom is 0.317 e. The monoisotopic (exact) mass is 830 g/mol. The van der Waals surface area contributed by atoms with Crippen molar-refractivity contribution >= 4 is 23.9 Å². The maximum absolute atomic E-state index is 14.1. The molecule has 14 nitrogen and oxygen atoms in total. The van der Waals surface area contributed by atoms with E-state index >= 15 is 0 Å². The van der Waals surface area contributed by atoms with Crippen LogP contribution >= 0.6 is 0 Å². The lowest BCUT2D eigenvalue weighted by Crippen LogP contribution is -2.45. The van der Waals surface area contributed by atoms with Crippen LogP contribution in [-0.2, 0) is 9.59 Å². The summed E-state index contributed by atoms with van der Waals surface area (Å²) in [6.45, 7) is 0.965. The number of carbonyl (C=O) groups is 4. The van der Waals surface area contributed by atoms with Gasteiger partial charge in [0.15, 0.2) is 0 Å². The molecule has 8 rings (SSSR count). The normalized spacial score (nSPS) is 16.8. The number of imidazole rings is 2. The zero-order valence-corrected chi connectivity index (χ0v) is 35.2. The Kier molecular flexibility index (Phi) is 12.0. The van der Waals surface area contributed by atoms with E-state index in [1.54, 1.807) is 39.3 Å². The topological polar surface area (TPSA) is 163 Å². The van der Waals surface area contributed by atoms with Crippen LogP contribution in [0.15, 0.2) is 134 Å². The standard InChI is InChI=1S/C48H50N10O4/c1-55(2)47(61)53-41(35-13-7-5-8-14-35)45(59)57-27-11-17-39(57)43-49-29-37(51-43)33-23-19-31(20-24-33)32-21-25-34(26-22-32)38-30-50-44(52-38)40-18-12-28-58(40)46(60)42(54-48(62)56(3)4)36-15-9-6-10-16-36/h5-11,13-17,19-26,29-30,39-42H,12,18,27-28H2,1-4H3,(H,49,51)(H,50,52)(H,53,61)(H,54,62)/t39?,40-,41+,42+/m0/s1. The number of likely N-dealkylation sites (tertiary alicyclic amines) is 1. The van der Waals surface area contributed by atoms with E-state index in [9.17, 15) is 19.2 Å². The molecule has 4 aromatic carbocycles. The molecule has 0 aliphatic carbocycles. The Morgan fingerprint density at radius 3 is 1.56 bits per heavy atom. The van der Waals surface area contributed by atoms with Crippen molar-refractivity contribution in [3.05, 3.63) is 157 Å². The zero-order chi connectivity index (χ0) is 43.3. The molecule has 62 heavy (non-hydrogen) atoms. The molecule has 1 saturated heterocycles. The third-order valence-corrected chi connectivity index (χ3v) is 11.4. The molecule has 0 saturated carbocycles. The Morgan fingerprint density at radius 1 is 0.613 bits per heavy atom. The van der Waals surface area contributed by atoms with Crippen molar-refractivity contribution in [2.75, 3.05) is 41.3 Å². The van der Waals surface area contributed by atoms with Gasteiger partial charge in [-0.15, -0.1) is 0 Å². The molecule has 0 bridgehead atoms. The van der Waals surface area contributed by atoms with Gasteiger partial charge in [0.2, 0.25) is 5.91 Å². The molecular formula is C48H50N10O4. The number of hydrogen-bond acceptors (Lipinski definition) is 6. The van der Waals surface area contributed by atoms with E-state index in [0.717, 1.165) is 52.0 Å². The average molecular weight is 831 g/mol. The lowest BCUT2D eigenvalue weighted by molar-refractivity contribution is -0.135. The van der Waals surface area contributed by atoms with Gasteiger partial charge in [-0.2, -0.15) is 0 Å². The van der Waals surface area contributed by atoms with Gasteiger partial charge in [-0.25, -0.2) is 19.6 Å². The molecule has 2 aromatic heterocycles. The highest BCUT2D eigenvalue weighted by atomic mass is 16.2. The van der Waals surface area contributed by atoms with E-state index in [1.165, 1.54) is 9.80 Å². The van der Waals surface area contributed by atoms with Crippen LogP contribution in [0.3, 0.4) is 0 Å². The largest absolute Gasteiger partial charge is 0.340 e. The summed E-state index contributed by atoms with van der Waals surface area (Å²) in [5.74, 6) is 0.953. The summed E-state index contributed by atoms with van der Waals surface area (Å²) in [5.41, 5.74) is 7.10. The second-order valence-corrected chi connectivity index (χ2v) is 15.9. The number of hydrogen-bond donors (Lipinski definition) is 4. The molecule has 6 amide bonds. The van der Waals surface area contributed by atoms with E-state index in [-0.39, 0.29) is 29.9 Å². The van der Waals surface area contributed by atoms with E-state index in [2.05, 4.69) is 62.0 Å². The number of H-pyrrole nitrogens is 2. The fraction of sp³-hybridized carbons (Fsp3) is 0.250. The van der Waals surface area contributed by atoms with Gasteiger partial charge in [-0.05, 0) is 46.2 Å². The van der Waals surface area contributed by atoms with Gasteiger partial charge in [0.05, 0.1) is 29.8 Å². The van der Waals surface area contributed by atoms with E-state index in [4.69, 9.17) is 4.98 Å². The van der Waals surface area contributed by atoms with Crippen molar-refractivity contribution in [1.82, 2.24) is 50.2 Å². The fourth-order valence-electron chi connectivity index (χ4n) is 7.98. The van der Waals surface area contributed by atoms with Crippen LogP contribution in [0.2, 0.25) is 0 Å². The van der Waals surface area contributed by atoms with Gasteiger partial charge in [0.1, 0.15) is 29.8 Å². The van der Waals surface area contributed by atoms with Gasteiger partial charge in [-0.3, -0.25) is 9.59 Å². The minimum Gasteiger partial charge on any atom is -0.340 e. The third kappa shape index (κ3) is 8.71. The van der Waals surface area contributed by atoms with Gasteiger partial charge >= 0.3 is 12.1 Å². The van der Waals surface area contributed by atoms with Gasteiger partial charge in [-0.1, -0.05) is 121 Å². The molecule has 1 unspecified atom stereocenters. The van der Waals surface area contributed by atoms with Crippen LogP contribution in [0.5, 0.6) is 0 Å². The number of aromatic nitrogens is 4. The van der Waals surface area contributed by atoms with Crippen molar-refractivity contribution in [2.24, 2.45) is 0 Å². The number of urea groups is 2. The molecule has 6 aromatic rings. The summed E-state index contributed by atoms with van der Waals surface area (Å²) >= 11 is 0. The maximum atomic E-state index is 14.1. The Balaban J connectivity index is 0.930. The molecule has 2 aliphatic rings. The second-order valence-electron chi connectivity index (χ2n) is 15.9. The van der Waals surface area contributed by atoms with Crippen molar-refractivity contribution in [3.8, 4) is 33.6 Å². The number of aromatic amines is 2. The summed E-state index contributed by atoms with van der Waals surface area (Å²) in [7, 11) is 6.59. The summed E-state index contributed by atoms with van der Waals surface area (Å²) in [6.07, 6.45) is 9.07. The van der Waals surface area contributed by atoms with Crippen molar-refractivity contribution in [2.45, 2.75) is 37.0 Å². The minimum atomic E-state index is -0.856. The molecule has 4 atom stereocenters. The number of rotatable bonds is 11. The molecule has 0 radical (unpaired) electrons. The number of benzene rings is 4. The average Bonchev–Trinajstić information content (AvgIpc) is 4.15. The number of amides is 6. The first-order valence-electron chi connectivity index (χ1n) is 20.7. The molecule has 14 heteroatoms. The molecule has 316 valence electrons. The molecule has 0 spiro atoms. The smallest absolute Gasteiger partial charge is 0.317 e. The Labute approximate surface area is 360 Å². The minimum absolute atomic E-state index is 0.166. The van der Waals surface area contributed by atoms with Crippen LogP contribution in [0.1, 0.15) is 59.8 Å². The van der Waals surface area contributed by atoms with Crippen molar-refractivity contribution < 1.29 is 19.2 Å². The first-order valence-corrected chi connectivity index (χ1v) is 20.7. The third-order valence-electron chi connectivity index (χ3n) is 11.4. The zero-order valence-electron chi connectivity index (χ0n) is 35.2. The first-order chi connectivity index (χ1) is 30.0. The second kappa shape index (κ2) is 18.0. The number of nitrogens with zero attached hydrogens (tertiary/aromatic N) is 6. The van der Waals surface area contributed by atoms with Crippen LogP contribution in [0.4, 0.5) is 9.59 Å². The lowest BCUT2D eigenvalue weighted by atomic mass is 10.0. The van der Waals surface area contributed by atoms with Crippen molar-refractivity contribution in [3.63, 3.8) is 0 Å². The number of carbonyl (C=O) groups excluding carboxylic acids is 4. The predicted octanol–water partition coefficient (Wildman–Crippen LogP) is 7.26. The molecule has 4 N–H and O–H groups in total. The van der Waals surface area contributed by atoms with E-state index < -0.39 is 18.1 Å². The first kappa shape index (κ1) is 41.3. The Morgan fingerprint density at radius 2 is 1.06 bits per heavy atom. The molecule has 1 fully saturated rings. The lowest BCUT2D eigenvalue weighted by Gasteiger charge is -2.29. The highest BCUT2D eigenvalue weighted by Crippen LogP contribution is 2.35. The summed E-state index contributed by atoms with van der Waals surface area (Å²) < 4.78 is 0. The predicted molar refractivity (Wildman–Crippen MR) is 237 cm³/mol. The summed E-state index contributed by atoms with van der Waals surface area (Å²) in [6, 6.07) is 32.0. The van der Waals surface area contributed by atoms with E-state index in [0.29, 0.717) is 30.3 Å². The van der Waals surface area contributed by atoms with E-state index in [1.807, 2.05) is 96.0 Å². The van der Waals surface area contributed by atoms with Gasteiger partial charge in [0.25, 0.3) is 5.91 Å². The quantitative estimate of drug-likeness (QED) is 0.101. The molecule has 2 aliphatic heterocycles. The SMILES string of the molecule is CN(C)C(=O)N[C@@H](C(=O)N1CC=CC1c1ncc(-c2ccc(-c3ccc(-c4cnc([C@@H]5CCCN5C(=O)[C@H](NC(=O)N(C)C)c5ccccc5)[nH]4)cc3)cc2)[nH]1)c1ccccc1. The van der Waals surface area contributed by atoms with Crippen LogP contribution < -0.4 is 10.6 Å². The van der Waals surface area contributed by atoms with Crippen molar-refractivity contribution in [1.29, 1.82) is 0 Å². The highest BCUT2D eigenvalue weighted by molar-refractivity contribution is 5.89. The van der Waals surface area contributed by atoms with Gasteiger partial charge < -0.3 is 40.2 Å². The Bertz CT molecular complexity index is 2550. The van der Waals surface area contributed by atoms with Gasteiger partial charge in [0, 0.05) is 41.3 Å². The summed E-state index contributed by atoms with van der Waals surface area (Å²) in [4.78, 5) is 76.2. The molecule has 4 heterocycles. The number of nitrogens with one attached hydrogen (secondary N) is 4. The highest BCUT2D eigenvalue weighted by Gasteiger charge is 2.38. The van der Waals surface area contributed by atoms with Crippen LogP contribution in [0.25, 0.3) is 33.6 Å². The fourth-order valence-corrected chi connectivity index (χ4v) is 7.98. The molecular weight excluding hydrogens is 781 g/mol.